The van der Waals surface area contributed by atoms with Crippen molar-refractivity contribution in [2.75, 3.05) is 33.1 Å². The largest absolute Gasteiger partial charge is 0.330 e. The number of imidazole rings is 5. The molecular weight excluding hydrogens is 1470 g/mol. The van der Waals surface area contributed by atoms with E-state index in [-0.39, 0.29) is 35.5 Å². The lowest BCUT2D eigenvalue weighted by molar-refractivity contribution is -0.118. The molecule has 1 aliphatic heterocycles. The molecule has 26 heteroatoms. The van der Waals surface area contributed by atoms with E-state index in [1.165, 1.54) is 81.8 Å². The van der Waals surface area contributed by atoms with Crippen LogP contribution in [-0.4, -0.2) is 109 Å². The third-order valence-electron chi connectivity index (χ3n) is 23.0. The maximum atomic E-state index is 12.4. The SMILES string of the molecule is C=C(CC(C)C)Nc1nc2cc(Cl)cnc2n1C1CCC1.CC1=CC(CC(=O)Nc2nc3cc(C)cnc3n2C2CCC2)=NC1.Cc1cnc2c(c1)nc(NC(=O)CC(C)(C)C)n2C1CCC1.Cc1cnc2c(c1)nc(NC(=O)CCC1CCCC1)n2C1CCC1.Cc1cnc2c(c1)nc(NC(=O)CCc1ccccc1)n2C1CCC1. The molecule has 0 bridgehead atoms. The lowest BCUT2D eigenvalue weighted by Crippen LogP contribution is -2.24. The van der Waals surface area contributed by atoms with Crippen LogP contribution in [0.15, 0.2) is 121 Å². The Morgan fingerprint density at radius 1 is 0.466 bits per heavy atom. The van der Waals surface area contributed by atoms with E-state index in [0.29, 0.717) is 90.8 Å². The van der Waals surface area contributed by atoms with Gasteiger partial charge in [-0.25, -0.2) is 49.8 Å². The van der Waals surface area contributed by atoms with E-state index in [4.69, 9.17) is 11.6 Å². The fourth-order valence-corrected chi connectivity index (χ4v) is 16.1. The number of halogens is 1. The van der Waals surface area contributed by atoms with Crippen molar-refractivity contribution in [3.05, 3.63) is 148 Å². The molecule has 7 aliphatic rings. The lowest BCUT2D eigenvalue weighted by Gasteiger charge is -2.29. The van der Waals surface area contributed by atoms with Gasteiger partial charge >= 0.3 is 0 Å². The van der Waals surface area contributed by atoms with Crippen molar-refractivity contribution in [2.24, 2.45) is 22.2 Å². The predicted octanol–water partition coefficient (Wildman–Crippen LogP) is 20.2. The van der Waals surface area contributed by atoms with Crippen LogP contribution in [0.25, 0.3) is 55.8 Å². The number of aromatic nitrogens is 15. The van der Waals surface area contributed by atoms with Crippen LogP contribution < -0.4 is 26.6 Å². The van der Waals surface area contributed by atoms with Crippen molar-refractivity contribution in [3.63, 3.8) is 0 Å². The normalized spacial score (nSPS) is 16.4. The number of anilines is 5. The van der Waals surface area contributed by atoms with Crippen LogP contribution in [0.2, 0.25) is 5.02 Å². The molecule has 0 unspecified atom stereocenters. The maximum absolute atomic E-state index is 12.4. The number of hydrogen-bond donors (Lipinski definition) is 5. The molecule has 0 saturated heterocycles. The van der Waals surface area contributed by atoms with Crippen molar-refractivity contribution >= 4 is 127 Å². The number of rotatable bonds is 22. The number of fused-ring (bicyclic) bond motifs is 5. The van der Waals surface area contributed by atoms with Crippen molar-refractivity contribution in [3.8, 4) is 0 Å². The van der Waals surface area contributed by atoms with Crippen LogP contribution in [0.1, 0.15) is 260 Å². The molecule has 6 saturated carbocycles. The highest BCUT2D eigenvalue weighted by Gasteiger charge is 2.33. The van der Waals surface area contributed by atoms with E-state index < -0.39 is 0 Å². The molecule has 1 aromatic carbocycles. The predicted molar refractivity (Wildman–Crippen MR) is 463 cm³/mol. The van der Waals surface area contributed by atoms with Crippen LogP contribution in [0.3, 0.4) is 0 Å². The summed E-state index contributed by atoms with van der Waals surface area (Å²) in [5, 5.41) is 16.0. The number of aliphatic imine (C=N–C) groups is 1. The van der Waals surface area contributed by atoms with Gasteiger partial charge in [0.25, 0.3) is 0 Å². The zero-order valence-electron chi connectivity index (χ0n) is 69.2. The van der Waals surface area contributed by atoms with Gasteiger partial charge in [0.2, 0.25) is 53.4 Å². The molecular formula is C90H114ClN21O4. The quantitative estimate of drug-likeness (QED) is 0.0421. The lowest BCUT2D eigenvalue weighted by atomic mass is 9.92. The van der Waals surface area contributed by atoms with Crippen molar-refractivity contribution in [2.45, 2.75) is 266 Å². The second-order valence-corrected chi connectivity index (χ2v) is 35.2. The fourth-order valence-electron chi connectivity index (χ4n) is 16.0. The molecule has 116 heavy (non-hydrogen) atoms. The molecule has 10 aromatic heterocycles. The Morgan fingerprint density at radius 2 is 0.828 bits per heavy atom. The van der Waals surface area contributed by atoms with E-state index >= 15 is 0 Å². The van der Waals surface area contributed by atoms with Gasteiger partial charge in [0, 0.05) is 91.9 Å². The number of carbonyl (C=O) groups is 4. The number of nitrogens with zero attached hydrogens (tertiary/aromatic N) is 16. The first-order valence-corrected chi connectivity index (χ1v) is 42.6. The number of carbonyl (C=O) groups excluding carboxylic acids is 4. The standard InChI is InChI=1S/C20H22N4O.C19H26N4O.C18H21N5O.C17H24N4O.C16H21ClN4/c1-14-12-17-19(21-13-14)24(16-8-5-9-16)20(22-17)23-18(25)11-10-15-6-3-2-4-7-15;1-13-11-16-18(20-12-13)23(15-7-4-8-15)19(21-16)22-17(24)10-9-14-5-2-3-6-14;1-11-6-13(19-9-11)8-16(24)22-18-21-15-7-12(2)10-20-17(15)23(18)14-4-3-5-14;1-11-8-13-15(18-10-11)21(12-6-5-7-12)16(19-13)20-14(22)9-17(2,3)4;1-10(2)7-11(3)19-16-20-14-8-12(17)9-18-15(14)21(16)13-5-4-6-13/h2-4,6-7,12-13,16H,5,8-11H2,1H3,(H,22,23,25);11-12,14-15H,2-10H2,1H3,(H,21,22,24);6-7,10,14H,3-5,8-9H2,1-2H3,(H,21,22,24);8,10,12H,5-7,9H2,1-4H3,(H,19,20,22);8-10,13H,3-7H2,1-2H3,(H,19,20). The highest BCUT2D eigenvalue weighted by Crippen LogP contribution is 2.43. The molecule has 25 nitrogen and oxygen atoms in total. The van der Waals surface area contributed by atoms with Gasteiger partial charge in [-0.3, -0.25) is 68.3 Å². The Bertz CT molecular complexity index is 5440. The van der Waals surface area contributed by atoms with Crippen molar-refractivity contribution in [1.82, 2.24) is 72.7 Å². The van der Waals surface area contributed by atoms with Gasteiger partial charge in [-0.1, -0.05) is 114 Å². The topological polar surface area (TPSA) is 294 Å². The molecule has 610 valence electrons. The summed E-state index contributed by atoms with van der Waals surface area (Å²) in [4.78, 5) is 99.7. The molecule has 5 N–H and O–H groups in total. The second kappa shape index (κ2) is 36.7. The highest BCUT2D eigenvalue weighted by molar-refractivity contribution is 6.31. The Balaban J connectivity index is 0.000000120. The minimum absolute atomic E-state index is 0.00328. The number of benzene rings is 1. The zero-order chi connectivity index (χ0) is 81.3. The average molecular weight is 1590 g/mol. The summed E-state index contributed by atoms with van der Waals surface area (Å²) in [6, 6.07) is 22.1. The number of amides is 4. The number of hydrogen-bond acceptors (Lipinski definition) is 16. The molecule has 11 heterocycles. The molecule has 0 radical (unpaired) electrons. The molecule has 18 rings (SSSR count). The summed E-state index contributed by atoms with van der Waals surface area (Å²) >= 11 is 6.03. The zero-order valence-corrected chi connectivity index (χ0v) is 70.0. The maximum Gasteiger partial charge on any atom is 0.232 e. The van der Waals surface area contributed by atoms with E-state index in [0.717, 1.165) is 172 Å². The Kier molecular flexibility index (Phi) is 26.0. The minimum Gasteiger partial charge on any atom is -0.330 e. The van der Waals surface area contributed by atoms with E-state index in [1.807, 2.05) is 126 Å². The Hall–Kier alpha value is -10.6. The van der Waals surface area contributed by atoms with Gasteiger partial charge in [-0.2, -0.15) is 0 Å². The molecule has 0 atom stereocenters. The summed E-state index contributed by atoms with van der Waals surface area (Å²) in [5.74, 6) is 4.75. The monoisotopic (exact) mass is 1590 g/mol. The van der Waals surface area contributed by atoms with Crippen LogP contribution >= 0.6 is 11.6 Å². The number of pyridine rings is 5. The molecule has 6 aliphatic carbocycles. The number of nitrogens with one attached hydrogen (secondary N) is 5. The van der Waals surface area contributed by atoms with Gasteiger partial charge in [0.05, 0.1) is 18.0 Å². The molecule has 6 fully saturated rings. The summed E-state index contributed by atoms with van der Waals surface area (Å²) in [6.45, 7) is 25.4. The number of aryl methyl sites for hydroxylation is 5. The first-order chi connectivity index (χ1) is 55.9. The Morgan fingerprint density at radius 3 is 1.19 bits per heavy atom. The third-order valence-corrected chi connectivity index (χ3v) is 23.2. The molecule has 0 spiro atoms. The van der Waals surface area contributed by atoms with Crippen LogP contribution in [0.4, 0.5) is 29.7 Å². The van der Waals surface area contributed by atoms with Gasteiger partial charge in [-0.05, 0) is 232 Å². The third kappa shape index (κ3) is 20.3. The Labute approximate surface area is 684 Å². The number of allylic oxidation sites excluding steroid dienone is 2. The van der Waals surface area contributed by atoms with E-state index in [9.17, 15) is 19.2 Å². The average Bonchev–Trinajstić information content (AvgIpc) is 1.65. The van der Waals surface area contributed by atoms with Crippen LogP contribution in [0, 0.1) is 44.9 Å². The van der Waals surface area contributed by atoms with Gasteiger partial charge in [0.1, 0.15) is 27.6 Å². The van der Waals surface area contributed by atoms with E-state index in [1.54, 1.807) is 6.20 Å². The van der Waals surface area contributed by atoms with Gasteiger partial charge < -0.3 is 5.32 Å². The van der Waals surface area contributed by atoms with Gasteiger partial charge in [0.15, 0.2) is 28.2 Å². The molecule has 4 amide bonds. The van der Waals surface area contributed by atoms with Crippen molar-refractivity contribution in [1.29, 1.82) is 0 Å². The highest BCUT2D eigenvalue weighted by atomic mass is 35.5. The summed E-state index contributed by atoms with van der Waals surface area (Å²) in [6.07, 6.45) is 38.4. The van der Waals surface area contributed by atoms with Crippen LogP contribution in [0.5, 0.6) is 0 Å². The van der Waals surface area contributed by atoms with Crippen molar-refractivity contribution < 1.29 is 19.2 Å². The first kappa shape index (κ1) is 82.0. The smallest absolute Gasteiger partial charge is 0.232 e. The summed E-state index contributed by atoms with van der Waals surface area (Å²) < 4.78 is 10.7. The minimum atomic E-state index is -0.0766. The summed E-state index contributed by atoms with van der Waals surface area (Å²) in [7, 11) is 0. The van der Waals surface area contributed by atoms with Gasteiger partial charge in [-0.15, -0.1) is 0 Å². The van der Waals surface area contributed by atoms with Crippen LogP contribution in [-0.2, 0) is 25.6 Å². The second-order valence-electron chi connectivity index (χ2n) is 34.8. The summed E-state index contributed by atoms with van der Waals surface area (Å²) in [5.41, 5.74) is 17.2. The van der Waals surface area contributed by atoms with E-state index in [2.05, 4.69) is 145 Å². The fraction of sp³-hybridized carbons (Fsp3) is 0.500. The first-order valence-electron chi connectivity index (χ1n) is 42.2. The molecule has 11 aromatic rings.